The third-order valence-electron chi connectivity index (χ3n) is 3.52. The van der Waals surface area contributed by atoms with E-state index < -0.39 is 11.9 Å². The zero-order valence-corrected chi connectivity index (χ0v) is 15.1. The minimum atomic E-state index is -1.82. The van der Waals surface area contributed by atoms with Gasteiger partial charge in [-0.3, -0.25) is 0 Å². The highest BCUT2D eigenvalue weighted by atomic mass is 16.5. The van der Waals surface area contributed by atoms with Crippen molar-refractivity contribution in [3.05, 3.63) is 29.3 Å². The first kappa shape index (κ1) is 21.9. The van der Waals surface area contributed by atoms with Gasteiger partial charge in [-0.1, -0.05) is 26.8 Å². The van der Waals surface area contributed by atoms with Crippen LogP contribution in [0.3, 0.4) is 0 Å². The lowest BCUT2D eigenvalue weighted by molar-refractivity contribution is -0.159. The highest BCUT2D eigenvalue weighted by Crippen LogP contribution is 2.23. The summed E-state index contributed by atoms with van der Waals surface area (Å²) in [6.07, 6.45) is 1.15. The van der Waals surface area contributed by atoms with Crippen LogP contribution in [0.15, 0.2) is 18.2 Å². The molecular formula is C18H29NO5. The van der Waals surface area contributed by atoms with Crippen molar-refractivity contribution in [1.29, 1.82) is 0 Å². The van der Waals surface area contributed by atoms with Crippen LogP contribution < -0.4 is 10.1 Å². The number of carbonyl (C=O) groups is 2. The van der Waals surface area contributed by atoms with Crippen molar-refractivity contribution in [2.45, 2.75) is 53.0 Å². The third-order valence-corrected chi connectivity index (χ3v) is 3.52. The van der Waals surface area contributed by atoms with E-state index in [1.807, 2.05) is 0 Å². The number of carboxylic acid groups (broad SMARTS) is 2. The molecule has 0 saturated heterocycles. The standard InChI is InChI=1S/C16H27NO.C2H2O4/c1-6-14(5)17-9-10-18-15-7-8-16(12(2)3)13(4)11-15;3-1(4)2(5)6/h7-8,11-12,14,17H,6,9-10H2,1-5H3;(H,3,4)(H,5,6). The number of nitrogens with one attached hydrogen (secondary N) is 1. The van der Waals surface area contributed by atoms with Gasteiger partial charge in [0.2, 0.25) is 0 Å². The molecule has 6 nitrogen and oxygen atoms in total. The minimum Gasteiger partial charge on any atom is -0.492 e. The van der Waals surface area contributed by atoms with E-state index in [-0.39, 0.29) is 0 Å². The molecule has 0 bridgehead atoms. The molecule has 0 aliphatic carbocycles. The van der Waals surface area contributed by atoms with Crippen LogP contribution in [-0.2, 0) is 9.59 Å². The Morgan fingerprint density at radius 3 is 2.17 bits per heavy atom. The normalized spacial score (nSPS) is 11.4. The number of ether oxygens (including phenoxy) is 1. The maximum absolute atomic E-state index is 9.10. The van der Waals surface area contributed by atoms with E-state index in [1.165, 1.54) is 11.1 Å². The van der Waals surface area contributed by atoms with Crippen LogP contribution in [-0.4, -0.2) is 41.3 Å². The van der Waals surface area contributed by atoms with Gasteiger partial charge in [0, 0.05) is 12.6 Å². The Hall–Kier alpha value is -2.08. The molecule has 0 aliphatic rings. The lowest BCUT2D eigenvalue weighted by Gasteiger charge is -2.14. The zero-order valence-electron chi connectivity index (χ0n) is 15.1. The van der Waals surface area contributed by atoms with Crippen LogP contribution >= 0.6 is 0 Å². The Labute approximate surface area is 143 Å². The molecule has 1 aromatic rings. The molecule has 136 valence electrons. The van der Waals surface area contributed by atoms with E-state index in [0.717, 1.165) is 25.3 Å². The summed E-state index contributed by atoms with van der Waals surface area (Å²) in [6.45, 7) is 12.6. The average molecular weight is 339 g/mol. The fourth-order valence-electron chi connectivity index (χ4n) is 2.00. The van der Waals surface area contributed by atoms with Gasteiger partial charge in [0.1, 0.15) is 12.4 Å². The summed E-state index contributed by atoms with van der Waals surface area (Å²) in [4.78, 5) is 18.2. The molecule has 0 aromatic heterocycles. The number of hydrogen-bond donors (Lipinski definition) is 3. The molecule has 1 aromatic carbocycles. The Balaban J connectivity index is 0.000000754. The van der Waals surface area contributed by atoms with Gasteiger partial charge >= 0.3 is 11.9 Å². The number of benzene rings is 1. The molecule has 0 radical (unpaired) electrons. The SMILES string of the molecule is CCC(C)NCCOc1ccc(C(C)C)c(C)c1.O=C(O)C(=O)O. The molecular weight excluding hydrogens is 310 g/mol. The second kappa shape index (κ2) is 11.5. The topological polar surface area (TPSA) is 95.9 Å². The van der Waals surface area contributed by atoms with Crippen LogP contribution in [0.1, 0.15) is 51.2 Å². The molecule has 0 aliphatic heterocycles. The zero-order chi connectivity index (χ0) is 18.7. The van der Waals surface area contributed by atoms with Crippen molar-refractivity contribution in [1.82, 2.24) is 5.32 Å². The largest absolute Gasteiger partial charge is 0.492 e. The van der Waals surface area contributed by atoms with Crippen molar-refractivity contribution in [2.24, 2.45) is 0 Å². The molecule has 1 atom stereocenters. The molecule has 0 heterocycles. The number of aryl methyl sites for hydroxylation is 1. The number of aliphatic carboxylic acids is 2. The summed E-state index contributed by atoms with van der Waals surface area (Å²) in [6, 6.07) is 6.96. The van der Waals surface area contributed by atoms with Crippen molar-refractivity contribution in [3.8, 4) is 5.75 Å². The van der Waals surface area contributed by atoms with Gasteiger partial charge in [-0.05, 0) is 49.4 Å². The maximum Gasteiger partial charge on any atom is 0.414 e. The summed E-state index contributed by atoms with van der Waals surface area (Å²) in [7, 11) is 0. The van der Waals surface area contributed by atoms with Crippen LogP contribution in [0.2, 0.25) is 0 Å². The second-order valence-corrected chi connectivity index (χ2v) is 5.90. The van der Waals surface area contributed by atoms with Gasteiger partial charge in [-0.15, -0.1) is 0 Å². The molecule has 1 unspecified atom stereocenters. The Kier molecular flexibility index (Phi) is 10.5. The highest BCUT2D eigenvalue weighted by molar-refractivity contribution is 6.27. The molecule has 3 N–H and O–H groups in total. The molecule has 24 heavy (non-hydrogen) atoms. The summed E-state index contributed by atoms with van der Waals surface area (Å²) >= 11 is 0. The Bertz CT molecular complexity index is 516. The van der Waals surface area contributed by atoms with E-state index in [0.29, 0.717) is 12.0 Å². The number of hydrogen-bond acceptors (Lipinski definition) is 4. The lowest BCUT2D eigenvalue weighted by atomic mass is 9.98. The molecule has 6 heteroatoms. The van der Waals surface area contributed by atoms with Crippen LogP contribution in [0.5, 0.6) is 5.75 Å². The van der Waals surface area contributed by atoms with Gasteiger partial charge < -0.3 is 20.3 Å². The van der Waals surface area contributed by atoms with Gasteiger partial charge in [0.05, 0.1) is 0 Å². The van der Waals surface area contributed by atoms with Crippen molar-refractivity contribution in [3.63, 3.8) is 0 Å². The first-order chi connectivity index (χ1) is 11.2. The predicted molar refractivity (Wildman–Crippen MR) is 93.8 cm³/mol. The third kappa shape index (κ3) is 9.15. The van der Waals surface area contributed by atoms with Crippen LogP contribution in [0, 0.1) is 6.92 Å². The smallest absolute Gasteiger partial charge is 0.414 e. The number of carboxylic acids is 2. The Morgan fingerprint density at radius 2 is 1.75 bits per heavy atom. The van der Waals surface area contributed by atoms with E-state index in [2.05, 4.69) is 58.1 Å². The monoisotopic (exact) mass is 339 g/mol. The first-order valence-electron chi connectivity index (χ1n) is 8.11. The fourth-order valence-corrected chi connectivity index (χ4v) is 2.00. The van der Waals surface area contributed by atoms with Gasteiger partial charge in [-0.2, -0.15) is 0 Å². The van der Waals surface area contributed by atoms with E-state index >= 15 is 0 Å². The quantitative estimate of drug-likeness (QED) is 0.522. The van der Waals surface area contributed by atoms with E-state index in [1.54, 1.807) is 0 Å². The summed E-state index contributed by atoms with van der Waals surface area (Å²) in [5.74, 6) is -2.10. The number of rotatable bonds is 7. The molecule has 1 rings (SSSR count). The van der Waals surface area contributed by atoms with Gasteiger partial charge in [0.25, 0.3) is 0 Å². The van der Waals surface area contributed by atoms with Gasteiger partial charge in [0.15, 0.2) is 0 Å². The summed E-state index contributed by atoms with van der Waals surface area (Å²) in [5, 5.41) is 18.2. The summed E-state index contributed by atoms with van der Waals surface area (Å²) in [5.41, 5.74) is 2.72. The fraction of sp³-hybridized carbons (Fsp3) is 0.556. The highest BCUT2D eigenvalue weighted by Gasteiger charge is 2.05. The summed E-state index contributed by atoms with van der Waals surface area (Å²) < 4.78 is 5.75. The minimum absolute atomic E-state index is 0.568. The average Bonchev–Trinajstić information content (AvgIpc) is 2.51. The van der Waals surface area contributed by atoms with Crippen molar-refractivity contribution >= 4 is 11.9 Å². The van der Waals surface area contributed by atoms with E-state index in [9.17, 15) is 0 Å². The lowest BCUT2D eigenvalue weighted by Crippen LogP contribution is -2.29. The van der Waals surface area contributed by atoms with Gasteiger partial charge in [-0.25, -0.2) is 9.59 Å². The van der Waals surface area contributed by atoms with Crippen LogP contribution in [0.25, 0.3) is 0 Å². The first-order valence-corrected chi connectivity index (χ1v) is 8.11. The van der Waals surface area contributed by atoms with E-state index in [4.69, 9.17) is 24.5 Å². The van der Waals surface area contributed by atoms with Crippen molar-refractivity contribution < 1.29 is 24.5 Å². The molecule has 0 fully saturated rings. The molecule has 0 spiro atoms. The van der Waals surface area contributed by atoms with Crippen molar-refractivity contribution in [2.75, 3.05) is 13.2 Å². The second-order valence-electron chi connectivity index (χ2n) is 5.90. The molecule has 0 saturated carbocycles. The maximum atomic E-state index is 9.10. The Morgan fingerprint density at radius 1 is 1.17 bits per heavy atom. The predicted octanol–water partition coefficient (Wildman–Crippen LogP) is 3.04. The van der Waals surface area contributed by atoms with Crippen LogP contribution in [0.4, 0.5) is 0 Å². The molecule has 0 amide bonds.